The highest BCUT2D eigenvalue weighted by Gasteiger charge is 2.51. The molecule has 0 aliphatic heterocycles. The first-order valence-electron chi connectivity index (χ1n) is 11.5. The van der Waals surface area contributed by atoms with Crippen LogP contribution >= 0.6 is 0 Å². The molecule has 0 spiro atoms. The second kappa shape index (κ2) is 9.22. The van der Waals surface area contributed by atoms with Gasteiger partial charge in [-0.15, -0.1) is 0 Å². The van der Waals surface area contributed by atoms with Gasteiger partial charge in [-0.25, -0.2) is 0 Å². The number of aromatic nitrogens is 1. The first kappa shape index (κ1) is 22.6. The Labute approximate surface area is 203 Å². The molecule has 0 radical (unpaired) electrons. The Morgan fingerprint density at radius 3 is 2.26 bits per heavy atom. The highest BCUT2D eigenvalue weighted by atomic mass is 16.5. The molecule has 1 saturated carbocycles. The third kappa shape index (κ3) is 4.73. The minimum atomic E-state index is -0.753. The van der Waals surface area contributed by atoms with Gasteiger partial charge in [-0.3, -0.25) is 9.59 Å². The SMILES string of the molecule is Cc1cccc(COC(=O)Cc2cnoc2-c2ccc(-c3ccc(C4(C(=O)O)CC4)cc3)cc2)c1. The minimum absolute atomic E-state index is 0.0686. The summed E-state index contributed by atoms with van der Waals surface area (Å²) in [5, 5.41) is 13.4. The van der Waals surface area contributed by atoms with E-state index in [4.69, 9.17) is 9.26 Å². The van der Waals surface area contributed by atoms with E-state index in [9.17, 15) is 14.7 Å². The lowest BCUT2D eigenvalue weighted by molar-refractivity contribution is -0.144. The van der Waals surface area contributed by atoms with Gasteiger partial charge in [0.05, 0.1) is 18.0 Å². The number of aliphatic carboxylic acids is 1. The first-order chi connectivity index (χ1) is 16.9. The van der Waals surface area contributed by atoms with Crippen LogP contribution in [0.1, 0.15) is 35.1 Å². The summed E-state index contributed by atoms with van der Waals surface area (Å²) >= 11 is 0. The molecule has 1 aliphatic rings. The average Bonchev–Trinajstić information content (AvgIpc) is 3.57. The van der Waals surface area contributed by atoms with Crippen LogP contribution in [0.4, 0.5) is 0 Å². The number of carboxylic acids is 1. The zero-order valence-corrected chi connectivity index (χ0v) is 19.4. The van der Waals surface area contributed by atoms with Gasteiger partial charge in [0.25, 0.3) is 0 Å². The lowest BCUT2D eigenvalue weighted by Gasteiger charge is -2.11. The van der Waals surface area contributed by atoms with Gasteiger partial charge in [-0.1, -0.05) is 83.5 Å². The van der Waals surface area contributed by atoms with Crippen molar-refractivity contribution in [2.45, 2.75) is 38.2 Å². The smallest absolute Gasteiger partial charge is 0.314 e. The Kier molecular flexibility index (Phi) is 5.95. The van der Waals surface area contributed by atoms with Crippen molar-refractivity contribution in [1.82, 2.24) is 5.16 Å². The third-order valence-corrected chi connectivity index (χ3v) is 6.54. The number of carbonyl (C=O) groups excluding carboxylic acids is 1. The van der Waals surface area contributed by atoms with E-state index >= 15 is 0 Å². The van der Waals surface area contributed by atoms with Crippen LogP contribution in [-0.4, -0.2) is 22.2 Å². The Balaban J connectivity index is 1.25. The number of aryl methyl sites for hydroxylation is 1. The second-order valence-corrected chi connectivity index (χ2v) is 9.05. The molecule has 6 heteroatoms. The zero-order chi connectivity index (χ0) is 24.4. The Bertz CT molecular complexity index is 1360. The molecule has 0 amide bonds. The van der Waals surface area contributed by atoms with Crippen molar-refractivity contribution < 1.29 is 24.0 Å². The van der Waals surface area contributed by atoms with E-state index < -0.39 is 11.4 Å². The van der Waals surface area contributed by atoms with Crippen molar-refractivity contribution in [2.75, 3.05) is 0 Å². The first-order valence-corrected chi connectivity index (χ1v) is 11.5. The number of rotatable bonds is 8. The Hall–Kier alpha value is -4.19. The van der Waals surface area contributed by atoms with Crippen LogP contribution in [-0.2, 0) is 32.8 Å². The van der Waals surface area contributed by atoms with E-state index in [-0.39, 0.29) is 19.0 Å². The van der Waals surface area contributed by atoms with Crippen LogP contribution in [0.3, 0.4) is 0 Å². The number of nitrogens with zero attached hydrogens (tertiary/aromatic N) is 1. The molecule has 5 rings (SSSR count). The number of benzene rings is 3. The minimum Gasteiger partial charge on any atom is -0.481 e. The molecule has 0 atom stereocenters. The Morgan fingerprint density at radius 1 is 0.971 bits per heavy atom. The van der Waals surface area contributed by atoms with Crippen molar-refractivity contribution >= 4 is 11.9 Å². The molecular formula is C29H25NO5. The fraction of sp³-hybridized carbons (Fsp3) is 0.207. The van der Waals surface area contributed by atoms with Crippen LogP contribution in [0.15, 0.2) is 83.5 Å². The summed E-state index contributed by atoms with van der Waals surface area (Å²) in [6, 6.07) is 23.4. The van der Waals surface area contributed by atoms with Gasteiger partial charge in [0.1, 0.15) is 6.61 Å². The van der Waals surface area contributed by atoms with Crippen molar-refractivity contribution in [2.24, 2.45) is 0 Å². The van der Waals surface area contributed by atoms with Gasteiger partial charge in [0.2, 0.25) is 0 Å². The summed E-state index contributed by atoms with van der Waals surface area (Å²) in [6.45, 7) is 2.22. The summed E-state index contributed by atoms with van der Waals surface area (Å²) < 4.78 is 10.9. The molecule has 35 heavy (non-hydrogen) atoms. The molecule has 4 aromatic rings. The molecule has 0 unspecified atom stereocenters. The summed E-state index contributed by atoms with van der Waals surface area (Å²) in [5.74, 6) is -0.560. The monoisotopic (exact) mass is 467 g/mol. The standard InChI is InChI=1S/C29H25NO5/c1-19-3-2-4-20(15-19)18-34-26(31)16-24-17-30-35-27(24)23-7-5-21(6-8-23)22-9-11-25(12-10-22)29(13-14-29)28(32)33/h2-12,15,17H,13-14,16,18H2,1H3,(H,32,33). The number of hydrogen-bond donors (Lipinski definition) is 1. The largest absolute Gasteiger partial charge is 0.481 e. The molecule has 3 aromatic carbocycles. The van der Waals surface area contributed by atoms with Crippen LogP contribution in [0, 0.1) is 6.92 Å². The fourth-order valence-corrected chi connectivity index (χ4v) is 4.34. The van der Waals surface area contributed by atoms with E-state index in [2.05, 4.69) is 5.16 Å². The quantitative estimate of drug-likeness (QED) is 0.334. The zero-order valence-electron chi connectivity index (χ0n) is 19.4. The molecule has 1 aliphatic carbocycles. The maximum absolute atomic E-state index is 12.4. The van der Waals surface area contributed by atoms with Gasteiger partial charge >= 0.3 is 11.9 Å². The fourth-order valence-electron chi connectivity index (χ4n) is 4.34. The predicted octanol–water partition coefficient (Wildman–Crippen LogP) is 5.72. The number of carboxylic acid groups (broad SMARTS) is 1. The van der Waals surface area contributed by atoms with Gasteiger partial charge in [-0.05, 0) is 42.0 Å². The van der Waals surface area contributed by atoms with Crippen LogP contribution < -0.4 is 0 Å². The molecule has 1 aromatic heterocycles. The van der Waals surface area contributed by atoms with Gasteiger partial charge in [0.15, 0.2) is 5.76 Å². The summed E-state index contributed by atoms with van der Waals surface area (Å²) in [5.41, 5.74) is 5.69. The van der Waals surface area contributed by atoms with E-state index in [0.29, 0.717) is 24.2 Å². The number of hydrogen-bond acceptors (Lipinski definition) is 5. The molecule has 1 N–H and O–H groups in total. The number of ether oxygens (including phenoxy) is 1. The highest BCUT2D eigenvalue weighted by molar-refractivity contribution is 5.85. The lowest BCUT2D eigenvalue weighted by atomic mass is 9.93. The summed E-state index contributed by atoms with van der Waals surface area (Å²) in [4.78, 5) is 24.0. The molecule has 0 saturated heterocycles. The van der Waals surface area contributed by atoms with Crippen molar-refractivity contribution in [3.63, 3.8) is 0 Å². The van der Waals surface area contributed by atoms with Gasteiger partial charge in [-0.2, -0.15) is 0 Å². The third-order valence-electron chi connectivity index (χ3n) is 6.54. The molecule has 1 fully saturated rings. The molecular weight excluding hydrogens is 442 g/mol. The van der Waals surface area contributed by atoms with E-state index in [0.717, 1.165) is 33.4 Å². The van der Waals surface area contributed by atoms with Crippen LogP contribution in [0.2, 0.25) is 0 Å². The topological polar surface area (TPSA) is 89.6 Å². The van der Waals surface area contributed by atoms with E-state index in [1.807, 2.05) is 79.7 Å². The number of esters is 1. The predicted molar refractivity (Wildman–Crippen MR) is 131 cm³/mol. The van der Waals surface area contributed by atoms with Crippen LogP contribution in [0.25, 0.3) is 22.5 Å². The van der Waals surface area contributed by atoms with Gasteiger partial charge in [0, 0.05) is 11.1 Å². The molecule has 0 bridgehead atoms. The highest BCUT2D eigenvalue weighted by Crippen LogP contribution is 2.48. The van der Waals surface area contributed by atoms with Crippen LogP contribution in [0.5, 0.6) is 0 Å². The average molecular weight is 468 g/mol. The normalized spacial score (nSPS) is 13.9. The summed E-state index contributed by atoms with van der Waals surface area (Å²) in [6.07, 6.45) is 3.00. The Morgan fingerprint density at radius 2 is 1.63 bits per heavy atom. The van der Waals surface area contributed by atoms with Gasteiger partial charge < -0.3 is 14.4 Å². The van der Waals surface area contributed by atoms with Crippen molar-refractivity contribution in [3.05, 3.63) is 101 Å². The van der Waals surface area contributed by atoms with E-state index in [1.54, 1.807) is 6.20 Å². The molecule has 176 valence electrons. The maximum Gasteiger partial charge on any atom is 0.314 e. The van der Waals surface area contributed by atoms with Crippen molar-refractivity contribution in [3.8, 4) is 22.5 Å². The van der Waals surface area contributed by atoms with E-state index in [1.165, 1.54) is 0 Å². The lowest BCUT2D eigenvalue weighted by Crippen LogP contribution is -2.19. The van der Waals surface area contributed by atoms with Crippen molar-refractivity contribution in [1.29, 1.82) is 0 Å². The maximum atomic E-state index is 12.4. The number of carbonyl (C=O) groups is 2. The summed E-state index contributed by atoms with van der Waals surface area (Å²) in [7, 11) is 0. The second-order valence-electron chi connectivity index (χ2n) is 9.05. The molecule has 6 nitrogen and oxygen atoms in total. The molecule has 1 heterocycles.